The van der Waals surface area contributed by atoms with Crippen LogP contribution in [0.2, 0.25) is 0 Å². The van der Waals surface area contributed by atoms with Crippen LogP contribution < -0.4 is 4.72 Å². The Balaban J connectivity index is 1.57. The van der Waals surface area contributed by atoms with Gasteiger partial charge in [0.15, 0.2) is 0 Å². The number of nitrogens with zero attached hydrogens (tertiary/aromatic N) is 1. The van der Waals surface area contributed by atoms with E-state index in [1.807, 2.05) is 18.2 Å². The maximum atomic E-state index is 13.7. The number of rotatable bonds is 6. The third-order valence-corrected chi connectivity index (χ3v) is 5.56. The number of nitrogens with one attached hydrogen (secondary N) is 1. The molecule has 25 heavy (non-hydrogen) atoms. The van der Waals surface area contributed by atoms with Crippen LogP contribution in [0, 0.1) is 5.82 Å². The van der Waals surface area contributed by atoms with E-state index in [1.165, 1.54) is 23.8 Å². The lowest BCUT2D eigenvalue weighted by Gasteiger charge is -2.33. The fraction of sp³-hybridized carbons (Fsp3) is 0.333. The van der Waals surface area contributed by atoms with Gasteiger partial charge in [0.1, 0.15) is 10.7 Å². The van der Waals surface area contributed by atoms with Gasteiger partial charge >= 0.3 is 0 Å². The Kier molecular flexibility index (Phi) is 5.80. The first-order chi connectivity index (χ1) is 12.0. The molecule has 1 aliphatic rings. The zero-order chi connectivity index (χ0) is 17.7. The minimum absolute atomic E-state index is 0.113. The summed E-state index contributed by atoms with van der Waals surface area (Å²) < 4.78 is 46.3. The second-order valence-corrected chi connectivity index (χ2v) is 7.73. The molecule has 5 nitrogen and oxygen atoms in total. The van der Waals surface area contributed by atoms with Crippen molar-refractivity contribution in [1.82, 2.24) is 9.62 Å². The summed E-state index contributed by atoms with van der Waals surface area (Å²) in [6, 6.07) is 15.4. The zero-order valence-corrected chi connectivity index (χ0v) is 14.6. The standard InChI is InChI=1S/C18H21FN2O3S/c19-17-8-4-5-9-18(17)25(22,23)20-12-16-14-21(10-11-24-16)13-15-6-2-1-3-7-15/h1-9,16,20H,10-14H2/t16-/m0/s1. The monoisotopic (exact) mass is 364 g/mol. The molecule has 0 amide bonds. The molecule has 0 unspecified atom stereocenters. The van der Waals surface area contributed by atoms with Gasteiger partial charge in [-0.25, -0.2) is 17.5 Å². The highest BCUT2D eigenvalue weighted by molar-refractivity contribution is 7.89. The van der Waals surface area contributed by atoms with Crippen molar-refractivity contribution in [2.24, 2.45) is 0 Å². The number of hydrogen-bond donors (Lipinski definition) is 1. The molecule has 1 saturated heterocycles. The first-order valence-corrected chi connectivity index (χ1v) is 9.65. The van der Waals surface area contributed by atoms with E-state index < -0.39 is 15.8 Å². The summed E-state index contributed by atoms with van der Waals surface area (Å²) >= 11 is 0. The van der Waals surface area contributed by atoms with Crippen LogP contribution in [0.25, 0.3) is 0 Å². The number of halogens is 1. The van der Waals surface area contributed by atoms with Gasteiger partial charge in [-0.05, 0) is 17.7 Å². The van der Waals surface area contributed by atoms with Gasteiger partial charge in [-0.3, -0.25) is 4.90 Å². The topological polar surface area (TPSA) is 58.6 Å². The summed E-state index contributed by atoms with van der Waals surface area (Å²) in [6.07, 6.45) is -0.265. The highest BCUT2D eigenvalue weighted by Crippen LogP contribution is 2.14. The predicted octanol–water partition coefficient (Wildman–Crippen LogP) is 2.00. The van der Waals surface area contributed by atoms with Gasteiger partial charge in [-0.15, -0.1) is 0 Å². The summed E-state index contributed by atoms with van der Waals surface area (Å²) in [4.78, 5) is 1.88. The summed E-state index contributed by atoms with van der Waals surface area (Å²) in [5, 5.41) is 0. The molecule has 0 spiro atoms. The SMILES string of the molecule is O=S(=O)(NC[C@H]1CN(Cc2ccccc2)CCO1)c1ccccc1F. The second-order valence-electron chi connectivity index (χ2n) is 6.00. The molecule has 1 N–H and O–H groups in total. The fourth-order valence-corrected chi connectivity index (χ4v) is 3.98. The van der Waals surface area contributed by atoms with Crippen molar-refractivity contribution in [1.29, 1.82) is 0 Å². The lowest BCUT2D eigenvalue weighted by molar-refractivity contribution is -0.0276. The summed E-state index contributed by atoms with van der Waals surface area (Å²) in [7, 11) is -3.89. The number of benzene rings is 2. The average molecular weight is 364 g/mol. The fourth-order valence-electron chi connectivity index (χ4n) is 2.83. The molecule has 1 heterocycles. The van der Waals surface area contributed by atoms with Crippen molar-refractivity contribution < 1.29 is 17.5 Å². The smallest absolute Gasteiger partial charge is 0.243 e. The Hall–Kier alpha value is -1.80. The number of hydrogen-bond acceptors (Lipinski definition) is 4. The first-order valence-electron chi connectivity index (χ1n) is 8.17. The molecule has 0 aromatic heterocycles. The molecule has 0 bridgehead atoms. The number of morpholine rings is 1. The van der Waals surface area contributed by atoms with Gasteiger partial charge in [-0.2, -0.15) is 0 Å². The van der Waals surface area contributed by atoms with E-state index in [0.717, 1.165) is 19.2 Å². The molecule has 0 radical (unpaired) electrons. The van der Waals surface area contributed by atoms with Gasteiger partial charge in [0.25, 0.3) is 0 Å². The number of sulfonamides is 1. The molecule has 0 aliphatic carbocycles. The van der Waals surface area contributed by atoms with E-state index in [0.29, 0.717) is 13.2 Å². The quantitative estimate of drug-likeness (QED) is 0.852. The first kappa shape index (κ1) is 18.0. The van der Waals surface area contributed by atoms with Crippen molar-refractivity contribution in [3.63, 3.8) is 0 Å². The van der Waals surface area contributed by atoms with Gasteiger partial charge in [0.05, 0.1) is 12.7 Å². The van der Waals surface area contributed by atoms with Crippen LogP contribution >= 0.6 is 0 Å². The van der Waals surface area contributed by atoms with Crippen molar-refractivity contribution >= 4 is 10.0 Å². The molecule has 3 rings (SSSR count). The van der Waals surface area contributed by atoms with Crippen LogP contribution in [0.3, 0.4) is 0 Å². The van der Waals surface area contributed by atoms with E-state index in [1.54, 1.807) is 0 Å². The Labute approximate surface area is 147 Å². The molecular weight excluding hydrogens is 343 g/mol. The lowest BCUT2D eigenvalue weighted by atomic mass is 10.2. The van der Waals surface area contributed by atoms with Gasteiger partial charge in [-0.1, -0.05) is 42.5 Å². The van der Waals surface area contributed by atoms with E-state index >= 15 is 0 Å². The lowest BCUT2D eigenvalue weighted by Crippen LogP contribution is -2.47. The Morgan fingerprint density at radius 2 is 1.84 bits per heavy atom. The molecule has 7 heteroatoms. The van der Waals surface area contributed by atoms with Crippen LogP contribution in [0.5, 0.6) is 0 Å². The third-order valence-electron chi connectivity index (χ3n) is 4.10. The highest BCUT2D eigenvalue weighted by Gasteiger charge is 2.24. The van der Waals surface area contributed by atoms with E-state index in [9.17, 15) is 12.8 Å². The largest absolute Gasteiger partial charge is 0.374 e. The van der Waals surface area contributed by atoms with Gasteiger partial charge in [0.2, 0.25) is 10.0 Å². The van der Waals surface area contributed by atoms with Gasteiger partial charge < -0.3 is 4.74 Å². The summed E-state index contributed by atoms with van der Waals surface area (Å²) in [5.74, 6) is -0.759. The molecule has 134 valence electrons. The Morgan fingerprint density at radius 1 is 1.12 bits per heavy atom. The van der Waals surface area contributed by atoms with Crippen molar-refractivity contribution in [2.75, 3.05) is 26.2 Å². The summed E-state index contributed by atoms with van der Waals surface area (Å²) in [6.45, 7) is 2.86. The normalized spacial score (nSPS) is 19.0. The Morgan fingerprint density at radius 3 is 2.60 bits per heavy atom. The maximum Gasteiger partial charge on any atom is 0.243 e. The van der Waals surface area contributed by atoms with E-state index in [4.69, 9.17) is 4.74 Å². The predicted molar refractivity (Wildman–Crippen MR) is 93.0 cm³/mol. The molecule has 1 aliphatic heterocycles. The Bertz CT molecular complexity index is 799. The van der Waals surface area contributed by atoms with E-state index in [2.05, 4.69) is 21.8 Å². The summed E-state index contributed by atoms with van der Waals surface area (Å²) in [5.41, 5.74) is 1.20. The van der Waals surface area contributed by atoms with Crippen molar-refractivity contribution in [2.45, 2.75) is 17.5 Å². The van der Waals surface area contributed by atoms with Crippen LogP contribution in [0.1, 0.15) is 5.56 Å². The van der Waals surface area contributed by atoms with Crippen LogP contribution in [0.15, 0.2) is 59.5 Å². The molecule has 0 saturated carbocycles. The molecule has 2 aromatic carbocycles. The average Bonchev–Trinajstić information content (AvgIpc) is 2.62. The third kappa shape index (κ3) is 4.85. The highest BCUT2D eigenvalue weighted by atomic mass is 32.2. The molecule has 1 atom stereocenters. The molecule has 2 aromatic rings. The minimum atomic E-state index is -3.89. The molecular formula is C18H21FN2O3S. The van der Waals surface area contributed by atoms with Crippen LogP contribution in [0.4, 0.5) is 4.39 Å². The van der Waals surface area contributed by atoms with Crippen molar-refractivity contribution in [3.8, 4) is 0 Å². The van der Waals surface area contributed by atoms with E-state index in [-0.39, 0.29) is 17.5 Å². The molecule has 1 fully saturated rings. The second kappa shape index (κ2) is 8.05. The van der Waals surface area contributed by atoms with Crippen LogP contribution in [-0.2, 0) is 21.3 Å². The van der Waals surface area contributed by atoms with Crippen LogP contribution in [-0.4, -0.2) is 45.7 Å². The minimum Gasteiger partial charge on any atom is -0.374 e. The zero-order valence-electron chi connectivity index (χ0n) is 13.8. The van der Waals surface area contributed by atoms with Crippen molar-refractivity contribution in [3.05, 3.63) is 66.0 Å². The maximum absolute atomic E-state index is 13.7. The van der Waals surface area contributed by atoms with Gasteiger partial charge in [0, 0.05) is 26.2 Å². The number of ether oxygens (including phenoxy) is 1.